The third-order valence-electron chi connectivity index (χ3n) is 2.22. The Morgan fingerprint density at radius 1 is 1.59 bits per heavy atom. The van der Waals surface area contributed by atoms with Crippen molar-refractivity contribution in [2.75, 3.05) is 13.7 Å². The van der Waals surface area contributed by atoms with Crippen LogP contribution in [0.1, 0.15) is 18.5 Å². The van der Waals surface area contributed by atoms with Gasteiger partial charge in [-0.2, -0.15) is 0 Å². The number of rotatable bonds is 4. The number of hydrogen-bond donors (Lipinski definition) is 2. The average molecular weight is 263 g/mol. The predicted octanol–water partition coefficient (Wildman–Crippen LogP) is 1.39. The Morgan fingerprint density at radius 3 is 2.76 bits per heavy atom. The fourth-order valence-corrected chi connectivity index (χ4v) is 1.42. The Hall–Kier alpha value is -1.33. The molecule has 3 N–H and O–H groups in total. The molecule has 1 rings (SSSR count). The maximum atomic E-state index is 13.1. The van der Waals surface area contributed by atoms with E-state index in [1.54, 1.807) is 6.92 Å². The summed E-state index contributed by atoms with van der Waals surface area (Å²) in [5, 5.41) is 2.64. The first-order valence-corrected chi connectivity index (χ1v) is 4.91. The van der Waals surface area contributed by atoms with Crippen molar-refractivity contribution in [1.82, 2.24) is 5.32 Å². The predicted molar refractivity (Wildman–Crippen MR) is 65.8 cm³/mol. The van der Waals surface area contributed by atoms with Gasteiger partial charge in [-0.15, -0.1) is 12.4 Å². The molecule has 1 aromatic rings. The van der Waals surface area contributed by atoms with Crippen LogP contribution in [0.3, 0.4) is 0 Å². The lowest BCUT2D eigenvalue weighted by Gasteiger charge is -2.16. The van der Waals surface area contributed by atoms with Crippen molar-refractivity contribution in [3.8, 4) is 5.75 Å². The smallest absolute Gasteiger partial charge is 0.234 e. The quantitative estimate of drug-likeness (QED) is 0.862. The summed E-state index contributed by atoms with van der Waals surface area (Å²) in [6.45, 7) is 1.65. The third kappa shape index (κ3) is 4.20. The van der Waals surface area contributed by atoms with E-state index in [1.165, 1.54) is 25.3 Å². The van der Waals surface area contributed by atoms with Crippen LogP contribution in [0.5, 0.6) is 5.75 Å². The normalized spacial score (nSPS) is 11.3. The van der Waals surface area contributed by atoms with Gasteiger partial charge in [0.25, 0.3) is 0 Å². The molecule has 0 aliphatic heterocycles. The molecular formula is C11H16ClFN2O2. The number of halogens is 2. The fraction of sp³-hybridized carbons (Fsp3) is 0.364. The lowest BCUT2D eigenvalue weighted by Crippen LogP contribution is -2.32. The number of methoxy groups -OCH3 is 1. The lowest BCUT2D eigenvalue weighted by atomic mass is 10.1. The van der Waals surface area contributed by atoms with Gasteiger partial charge in [-0.1, -0.05) is 0 Å². The second-order valence-electron chi connectivity index (χ2n) is 3.38. The number of benzene rings is 1. The van der Waals surface area contributed by atoms with E-state index in [0.717, 1.165) is 0 Å². The van der Waals surface area contributed by atoms with Crippen LogP contribution in [-0.4, -0.2) is 19.6 Å². The van der Waals surface area contributed by atoms with Crippen molar-refractivity contribution < 1.29 is 13.9 Å². The van der Waals surface area contributed by atoms with Crippen LogP contribution in [0.2, 0.25) is 0 Å². The summed E-state index contributed by atoms with van der Waals surface area (Å²) in [6, 6.07) is 3.82. The Morgan fingerprint density at radius 2 is 2.24 bits per heavy atom. The molecular weight excluding hydrogens is 247 g/mol. The lowest BCUT2D eigenvalue weighted by molar-refractivity contribution is -0.120. The molecule has 1 atom stereocenters. The zero-order valence-corrected chi connectivity index (χ0v) is 10.5. The summed E-state index contributed by atoms with van der Waals surface area (Å²) in [6.07, 6.45) is 0. The van der Waals surface area contributed by atoms with Gasteiger partial charge in [0.15, 0.2) is 0 Å². The molecule has 0 aromatic heterocycles. The first-order valence-electron chi connectivity index (χ1n) is 4.91. The van der Waals surface area contributed by atoms with Crippen molar-refractivity contribution in [3.63, 3.8) is 0 Å². The van der Waals surface area contributed by atoms with Crippen molar-refractivity contribution >= 4 is 18.3 Å². The van der Waals surface area contributed by atoms with Crippen LogP contribution in [0.15, 0.2) is 18.2 Å². The van der Waals surface area contributed by atoms with Crippen LogP contribution in [-0.2, 0) is 4.79 Å². The molecule has 96 valence electrons. The molecule has 0 heterocycles. The van der Waals surface area contributed by atoms with Crippen molar-refractivity contribution in [2.24, 2.45) is 5.73 Å². The molecule has 1 aromatic carbocycles. The number of nitrogens with two attached hydrogens (primary N) is 1. The Labute approximate surface area is 106 Å². The zero-order chi connectivity index (χ0) is 12.1. The highest BCUT2D eigenvalue weighted by molar-refractivity contribution is 5.85. The van der Waals surface area contributed by atoms with E-state index in [0.29, 0.717) is 11.3 Å². The first kappa shape index (κ1) is 15.7. The minimum absolute atomic E-state index is 0. The largest absolute Gasteiger partial charge is 0.496 e. The van der Waals surface area contributed by atoms with Gasteiger partial charge in [-0.25, -0.2) is 4.39 Å². The number of carbonyl (C=O) groups is 1. The third-order valence-corrected chi connectivity index (χ3v) is 2.22. The van der Waals surface area contributed by atoms with E-state index in [2.05, 4.69) is 5.32 Å². The highest BCUT2D eigenvalue weighted by Gasteiger charge is 2.14. The highest BCUT2D eigenvalue weighted by Crippen LogP contribution is 2.25. The van der Waals surface area contributed by atoms with E-state index in [9.17, 15) is 9.18 Å². The van der Waals surface area contributed by atoms with Gasteiger partial charge >= 0.3 is 0 Å². The molecule has 0 saturated heterocycles. The summed E-state index contributed by atoms with van der Waals surface area (Å²) in [4.78, 5) is 11.1. The van der Waals surface area contributed by atoms with Gasteiger partial charge in [-0.3, -0.25) is 4.79 Å². The maximum absolute atomic E-state index is 13.1. The highest BCUT2D eigenvalue weighted by atomic mass is 35.5. The molecule has 0 aliphatic rings. The second-order valence-corrected chi connectivity index (χ2v) is 3.38. The van der Waals surface area contributed by atoms with E-state index in [1.807, 2.05) is 0 Å². The number of hydrogen-bond acceptors (Lipinski definition) is 3. The number of nitrogens with one attached hydrogen (secondary N) is 1. The average Bonchev–Trinajstić information content (AvgIpc) is 2.28. The summed E-state index contributed by atoms with van der Waals surface area (Å²) in [7, 11) is 1.49. The van der Waals surface area contributed by atoms with E-state index in [4.69, 9.17) is 10.5 Å². The van der Waals surface area contributed by atoms with Gasteiger partial charge in [0.2, 0.25) is 5.91 Å². The first-order chi connectivity index (χ1) is 7.58. The molecule has 0 fully saturated rings. The van der Waals surface area contributed by atoms with Crippen LogP contribution < -0.4 is 15.8 Å². The van der Waals surface area contributed by atoms with Gasteiger partial charge in [0.05, 0.1) is 19.7 Å². The van der Waals surface area contributed by atoms with Gasteiger partial charge < -0.3 is 15.8 Å². The van der Waals surface area contributed by atoms with E-state index < -0.39 is 0 Å². The SMILES string of the molecule is COc1ccc(F)cc1C(C)NC(=O)CN.Cl. The number of ether oxygens (including phenoxy) is 1. The monoisotopic (exact) mass is 262 g/mol. The van der Waals surface area contributed by atoms with Gasteiger partial charge in [0, 0.05) is 5.56 Å². The Kier molecular flexibility index (Phi) is 6.53. The molecule has 0 saturated carbocycles. The summed E-state index contributed by atoms with van der Waals surface area (Å²) < 4.78 is 18.2. The molecule has 0 bridgehead atoms. The molecule has 1 unspecified atom stereocenters. The van der Waals surface area contributed by atoms with Crippen LogP contribution in [0.4, 0.5) is 4.39 Å². The molecule has 4 nitrogen and oxygen atoms in total. The topological polar surface area (TPSA) is 64.3 Å². The molecule has 0 radical (unpaired) electrons. The number of amides is 1. The Bertz CT molecular complexity index is 388. The molecule has 6 heteroatoms. The second kappa shape index (κ2) is 7.09. The zero-order valence-electron chi connectivity index (χ0n) is 9.70. The summed E-state index contributed by atoms with van der Waals surface area (Å²) in [5.41, 5.74) is 5.77. The molecule has 1 amide bonds. The minimum atomic E-state index is -0.371. The van der Waals surface area contributed by atoms with Gasteiger partial charge in [0.1, 0.15) is 11.6 Å². The number of carbonyl (C=O) groups excluding carboxylic acids is 1. The molecule has 17 heavy (non-hydrogen) atoms. The van der Waals surface area contributed by atoms with Crippen LogP contribution in [0.25, 0.3) is 0 Å². The van der Waals surface area contributed by atoms with Crippen LogP contribution >= 0.6 is 12.4 Å². The summed E-state index contributed by atoms with van der Waals surface area (Å²) in [5.74, 6) is -0.130. The van der Waals surface area contributed by atoms with E-state index in [-0.39, 0.29) is 36.7 Å². The minimum Gasteiger partial charge on any atom is -0.496 e. The van der Waals surface area contributed by atoms with Gasteiger partial charge in [-0.05, 0) is 25.1 Å². The molecule has 0 spiro atoms. The fourth-order valence-electron chi connectivity index (χ4n) is 1.42. The molecule has 0 aliphatic carbocycles. The Balaban J connectivity index is 0.00000256. The van der Waals surface area contributed by atoms with Crippen LogP contribution in [0, 0.1) is 5.82 Å². The summed E-state index contributed by atoms with van der Waals surface area (Å²) >= 11 is 0. The van der Waals surface area contributed by atoms with E-state index >= 15 is 0 Å². The standard InChI is InChI=1S/C11H15FN2O2.ClH/c1-7(14-11(15)6-13)9-5-8(12)3-4-10(9)16-2;/h3-5,7H,6,13H2,1-2H3,(H,14,15);1H. The van der Waals surface area contributed by atoms with Crippen molar-refractivity contribution in [2.45, 2.75) is 13.0 Å². The maximum Gasteiger partial charge on any atom is 0.234 e. The van der Waals surface area contributed by atoms with Crippen molar-refractivity contribution in [1.29, 1.82) is 0 Å². The van der Waals surface area contributed by atoms with Crippen molar-refractivity contribution in [3.05, 3.63) is 29.6 Å².